The summed E-state index contributed by atoms with van der Waals surface area (Å²) < 4.78 is 0. The smallest absolute Gasteiger partial charge is 0.0471 e. The normalized spacial score (nSPS) is 12.8. The topological polar surface area (TPSA) is 46.2 Å². The number of aryl methyl sites for hydroxylation is 1. The second-order valence-corrected chi connectivity index (χ2v) is 4.40. The summed E-state index contributed by atoms with van der Waals surface area (Å²) in [5, 5.41) is 10.3. The van der Waals surface area contributed by atoms with Gasteiger partial charge in [-0.3, -0.25) is 0 Å². The van der Waals surface area contributed by atoms with Gasteiger partial charge in [0.05, 0.1) is 0 Å². The van der Waals surface area contributed by atoms with Crippen LogP contribution in [0.4, 0.5) is 0 Å². The van der Waals surface area contributed by atoms with Crippen LogP contribution >= 0.6 is 23.2 Å². The molecule has 0 aliphatic heterocycles. The number of hydrogen-bond acceptors (Lipinski definition) is 2. The van der Waals surface area contributed by atoms with Gasteiger partial charge in [0, 0.05) is 16.7 Å². The maximum Gasteiger partial charge on any atom is 0.0471 e. The highest BCUT2D eigenvalue weighted by Gasteiger charge is 2.07. The van der Waals surface area contributed by atoms with E-state index < -0.39 is 0 Å². The molecule has 0 saturated carbocycles. The molecule has 1 aromatic rings. The molecule has 2 nitrogen and oxygen atoms in total. The van der Waals surface area contributed by atoms with Crippen molar-refractivity contribution in [1.29, 1.82) is 0 Å². The van der Waals surface area contributed by atoms with Crippen molar-refractivity contribution in [2.24, 2.45) is 11.7 Å². The van der Waals surface area contributed by atoms with Crippen molar-refractivity contribution >= 4 is 23.2 Å². The van der Waals surface area contributed by atoms with E-state index in [9.17, 15) is 0 Å². The second-order valence-electron chi connectivity index (χ2n) is 3.56. The Morgan fingerprint density at radius 2 is 2.07 bits per heavy atom. The Hall–Kier alpha value is -0.280. The van der Waals surface area contributed by atoms with Crippen molar-refractivity contribution in [3.05, 3.63) is 33.8 Å². The molecule has 0 amide bonds. The predicted octanol–water partition coefficient (Wildman–Crippen LogP) is 2.49. The van der Waals surface area contributed by atoms with Crippen LogP contribution in [0.15, 0.2) is 18.2 Å². The average molecular weight is 248 g/mol. The van der Waals surface area contributed by atoms with Crippen LogP contribution in [-0.4, -0.2) is 18.3 Å². The molecule has 0 aromatic heterocycles. The fraction of sp³-hybridized carbons (Fsp3) is 0.455. The zero-order valence-corrected chi connectivity index (χ0v) is 9.93. The van der Waals surface area contributed by atoms with E-state index in [2.05, 4.69) is 0 Å². The highest BCUT2D eigenvalue weighted by atomic mass is 35.5. The van der Waals surface area contributed by atoms with E-state index in [1.807, 2.05) is 12.1 Å². The first-order valence-corrected chi connectivity index (χ1v) is 5.67. The van der Waals surface area contributed by atoms with Crippen LogP contribution in [0.2, 0.25) is 10.0 Å². The Balaban J connectivity index is 2.57. The molecule has 0 saturated heterocycles. The van der Waals surface area contributed by atoms with Crippen LogP contribution in [0, 0.1) is 5.92 Å². The highest BCUT2D eigenvalue weighted by Crippen LogP contribution is 2.22. The van der Waals surface area contributed by atoms with Crippen molar-refractivity contribution in [3.8, 4) is 0 Å². The second kappa shape index (κ2) is 6.33. The molecule has 0 aliphatic carbocycles. The maximum atomic E-state index is 8.98. The molecule has 1 aromatic carbocycles. The summed E-state index contributed by atoms with van der Waals surface area (Å²) in [7, 11) is 0. The zero-order chi connectivity index (χ0) is 11.3. The molecular weight excluding hydrogens is 233 g/mol. The minimum atomic E-state index is 0.127. The average Bonchev–Trinajstić information content (AvgIpc) is 2.22. The van der Waals surface area contributed by atoms with Crippen molar-refractivity contribution in [3.63, 3.8) is 0 Å². The fourth-order valence-electron chi connectivity index (χ4n) is 1.37. The number of hydrogen-bond donors (Lipinski definition) is 2. The molecule has 0 bridgehead atoms. The number of benzene rings is 1. The predicted molar refractivity (Wildman–Crippen MR) is 64.4 cm³/mol. The quantitative estimate of drug-likeness (QED) is 0.840. The van der Waals surface area contributed by atoms with E-state index in [-0.39, 0.29) is 12.5 Å². The minimum absolute atomic E-state index is 0.127. The summed E-state index contributed by atoms with van der Waals surface area (Å²) in [5.41, 5.74) is 6.54. The van der Waals surface area contributed by atoms with Gasteiger partial charge in [-0.2, -0.15) is 0 Å². The van der Waals surface area contributed by atoms with Gasteiger partial charge in [0.25, 0.3) is 0 Å². The zero-order valence-electron chi connectivity index (χ0n) is 8.42. The molecule has 0 heterocycles. The number of nitrogens with two attached hydrogens (primary N) is 1. The Labute approximate surface area is 100.0 Å². The fourth-order valence-corrected chi connectivity index (χ4v) is 1.87. The maximum absolute atomic E-state index is 8.98. The Morgan fingerprint density at radius 1 is 1.33 bits per heavy atom. The lowest BCUT2D eigenvalue weighted by Gasteiger charge is -2.11. The van der Waals surface area contributed by atoms with Crippen LogP contribution in [0.5, 0.6) is 0 Å². The molecular formula is C11H15Cl2NO. The standard InChI is InChI=1S/C11H15Cl2NO/c12-10-4-3-9(11(13)5-10)2-1-8(6-14)7-15/h3-5,8,15H,1-2,6-7,14H2. The van der Waals surface area contributed by atoms with Crippen LogP contribution in [-0.2, 0) is 6.42 Å². The summed E-state index contributed by atoms with van der Waals surface area (Å²) in [6.07, 6.45) is 1.66. The number of rotatable bonds is 5. The number of halogens is 2. The minimum Gasteiger partial charge on any atom is -0.396 e. The van der Waals surface area contributed by atoms with Crippen LogP contribution < -0.4 is 5.73 Å². The number of aliphatic hydroxyl groups is 1. The largest absolute Gasteiger partial charge is 0.396 e. The third-order valence-corrected chi connectivity index (χ3v) is 3.02. The molecule has 1 rings (SSSR count). The molecule has 0 fully saturated rings. The molecule has 1 atom stereocenters. The molecule has 0 spiro atoms. The Bertz CT molecular complexity index is 313. The van der Waals surface area contributed by atoms with Gasteiger partial charge >= 0.3 is 0 Å². The van der Waals surface area contributed by atoms with Gasteiger partial charge in [-0.15, -0.1) is 0 Å². The molecule has 1 unspecified atom stereocenters. The molecule has 84 valence electrons. The summed E-state index contributed by atoms with van der Waals surface area (Å²) in [6.45, 7) is 0.628. The molecule has 3 N–H and O–H groups in total. The van der Waals surface area contributed by atoms with Gasteiger partial charge in [-0.25, -0.2) is 0 Å². The van der Waals surface area contributed by atoms with Crippen LogP contribution in [0.1, 0.15) is 12.0 Å². The lowest BCUT2D eigenvalue weighted by molar-refractivity contribution is 0.223. The van der Waals surface area contributed by atoms with Gasteiger partial charge in [-0.1, -0.05) is 29.3 Å². The SMILES string of the molecule is NCC(CO)CCc1ccc(Cl)cc1Cl. The van der Waals surface area contributed by atoms with Gasteiger partial charge < -0.3 is 10.8 Å². The molecule has 0 radical (unpaired) electrons. The Morgan fingerprint density at radius 3 is 2.60 bits per heavy atom. The lowest BCUT2D eigenvalue weighted by atomic mass is 10.0. The van der Waals surface area contributed by atoms with Gasteiger partial charge in [-0.05, 0) is 43.0 Å². The van der Waals surface area contributed by atoms with Crippen molar-refractivity contribution < 1.29 is 5.11 Å². The van der Waals surface area contributed by atoms with E-state index in [1.165, 1.54) is 0 Å². The summed E-state index contributed by atoms with van der Waals surface area (Å²) in [5.74, 6) is 0.150. The van der Waals surface area contributed by atoms with Crippen LogP contribution in [0.3, 0.4) is 0 Å². The van der Waals surface area contributed by atoms with E-state index >= 15 is 0 Å². The monoisotopic (exact) mass is 247 g/mol. The molecule has 0 aliphatic rings. The lowest BCUT2D eigenvalue weighted by Crippen LogP contribution is -2.18. The van der Waals surface area contributed by atoms with Crippen molar-refractivity contribution in [2.75, 3.05) is 13.2 Å². The first kappa shape index (κ1) is 12.8. The first-order valence-electron chi connectivity index (χ1n) is 4.92. The third-order valence-electron chi connectivity index (χ3n) is 2.43. The Kier molecular flexibility index (Phi) is 5.40. The number of aliphatic hydroxyl groups excluding tert-OH is 1. The van der Waals surface area contributed by atoms with E-state index in [4.69, 9.17) is 34.0 Å². The third kappa shape index (κ3) is 3.99. The van der Waals surface area contributed by atoms with Crippen molar-refractivity contribution in [2.45, 2.75) is 12.8 Å². The van der Waals surface area contributed by atoms with Gasteiger partial charge in [0.2, 0.25) is 0 Å². The molecule has 15 heavy (non-hydrogen) atoms. The van der Waals surface area contributed by atoms with E-state index in [0.29, 0.717) is 16.6 Å². The van der Waals surface area contributed by atoms with Crippen LogP contribution in [0.25, 0.3) is 0 Å². The first-order chi connectivity index (χ1) is 7.17. The summed E-state index contributed by atoms with van der Waals surface area (Å²) >= 11 is 11.8. The summed E-state index contributed by atoms with van der Waals surface area (Å²) in [4.78, 5) is 0. The van der Waals surface area contributed by atoms with E-state index in [1.54, 1.807) is 6.07 Å². The molecule has 4 heteroatoms. The highest BCUT2D eigenvalue weighted by molar-refractivity contribution is 6.35. The van der Waals surface area contributed by atoms with Gasteiger partial charge in [0.1, 0.15) is 0 Å². The van der Waals surface area contributed by atoms with E-state index in [0.717, 1.165) is 18.4 Å². The summed E-state index contributed by atoms with van der Waals surface area (Å²) in [6, 6.07) is 5.46. The van der Waals surface area contributed by atoms with Gasteiger partial charge in [0.15, 0.2) is 0 Å². The van der Waals surface area contributed by atoms with Crippen molar-refractivity contribution in [1.82, 2.24) is 0 Å².